The molecule has 2 N–H and O–H groups in total. The van der Waals surface area contributed by atoms with Gasteiger partial charge in [-0.05, 0) is 24.0 Å². The number of hydrogen-bond acceptors (Lipinski definition) is 6. The second-order valence-electron chi connectivity index (χ2n) is 6.16. The molecule has 0 unspecified atom stereocenters. The van der Waals surface area contributed by atoms with E-state index in [1.807, 2.05) is 6.92 Å². The third-order valence-electron chi connectivity index (χ3n) is 4.66. The van der Waals surface area contributed by atoms with Crippen LogP contribution in [0.1, 0.15) is 27.7 Å². The van der Waals surface area contributed by atoms with Crippen LogP contribution in [0.15, 0.2) is 18.2 Å². The zero-order valence-electron chi connectivity index (χ0n) is 13.9. The van der Waals surface area contributed by atoms with Crippen molar-refractivity contribution in [1.82, 2.24) is 0 Å². The normalized spacial score (nSPS) is 30.7. The Morgan fingerprint density at radius 2 is 1.87 bits per heavy atom. The number of ether oxygens (including phenoxy) is 3. The molecular weight excluding hydrogens is 300 g/mol. The smallest absolute Gasteiger partial charge is 0.302 e. The van der Waals surface area contributed by atoms with Crippen LogP contribution in [0.2, 0.25) is 0 Å². The van der Waals surface area contributed by atoms with Crippen LogP contribution in [0.3, 0.4) is 0 Å². The average Bonchev–Trinajstić information content (AvgIpc) is 2.50. The van der Waals surface area contributed by atoms with Crippen LogP contribution in [-0.4, -0.2) is 35.2 Å². The highest BCUT2D eigenvalue weighted by Gasteiger charge is 2.41. The van der Waals surface area contributed by atoms with Crippen molar-refractivity contribution < 1.29 is 29.2 Å². The molecule has 1 saturated heterocycles. The van der Waals surface area contributed by atoms with Gasteiger partial charge in [-0.15, -0.1) is 0 Å². The van der Waals surface area contributed by atoms with Gasteiger partial charge in [-0.3, -0.25) is 4.79 Å². The molecule has 6 nitrogen and oxygen atoms in total. The van der Waals surface area contributed by atoms with Crippen LogP contribution >= 0.6 is 0 Å². The summed E-state index contributed by atoms with van der Waals surface area (Å²) in [6.07, 6.45) is -0.885. The zero-order valence-corrected chi connectivity index (χ0v) is 13.9. The Morgan fingerprint density at radius 1 is 1.17 bits per heavy atom. The van der Waals surface area contributed by atoms with E-state index >= 15 is 0 Å². The Bertz CT molecular complexity index is 558. The number of carbonyl (C=O) groups excluding carboxylic acids is 1. The predicted octanol–water partition coefficient (Wildman–Crippen LogP) is 2.67. The van der Waals surface area contributed by atoms with Gasteiger partial charge in [-0.25, -0.2) is 0 Å². The van der Waals surface area contributed by atoms with Crippen LogP contribution in [0, 0.1) is 17.8 Å². The number of hydrogen-bond donors (Lipinski definition) is 2. The summed E-state index contributed by atoms with van der Waals surface area (Å²) in [5, 5.41) is 19.4. The van der Waals surface area contributed by atoms with E-state index in [0.717, 1.165) is 0 Å². The number of phenols is 2. The molecule has 1 aliphatic heterocycles. The minimum Gasteiger partial charge on any atom is -0.504 e. The van der Waals surface area contributed by atoms with E-state index in [-0.39, 0.29) is 53.7 Å². The Balaban J connectivity index is 2.13. The highest BCUT2D eigenvalue weighted by atomic mass is 16.7. The van der Waals surface area contributed by atoms with E-state index in [4.69, 9.17) is 14.2 Å². The minimum absolute atomic E-state index is 0.0697. The lowest BCUT2D eigenvalue weighted by Crippen LogP contribution is -2.49. The van der Waals surface area contributed by atoms with Gasteiger partial charge in [0.1, 0.15) is 6.61 Å². The maximum Gasteiger partial charge on any atom is 0.302 e. The monoisotopic (exact) mass is 324 g/mol. The summed E-state index contributed by atoms with van der Waals surface area (Å²) in [6.45, 7) is 7.68. The molecule has 1 aliphatic rings. The fourth-order valence-corrected chi connectivity index (χ4v) is 2.74. The van der Waals surface area contributed by atoms with Crippen molar-refractivity contribution in [3.05, 3.63) is 18.2 Å². The van der Waals surface area contributed by atoms with Crippen molar-refractivity contribution >= 4 is 5.97 Å². The number of para-hydroxylation sites is 1. The summed E-state index contributed by atoms with van der Waals surface area (Å²) in [6, 6.07) is 4.52. The van der Waals surface area contributed by atoms with Crippen LogP contribution in [-0.2, 0) is 14.3 Å². The van der Waals surface area contributed by atoms with Crippen LogP contribution < -0.4 is 4.74 Å². The van der Waals surface area contributed by atoms with Crippen LogP contribution in [0.5, 0.6) is 17.2 Å². The van der Waals surface area contributed by atoms with Crippen molar-refractivity contribution in [2.45, 2.75) is 40.1 Å². The molecule has 128 valence electrons. The molecule has 23 heavy (non-hydrogen) atoms. The molecule has 0 spiro atoms. The Labute approximate surface area is 136 Å². The number of phenolic OH excluding ortho intramolecular Hbond substituents is 2. The molecule has 6 heteroatoms. The number of esters is 1. The first kappa shape index (κ1) is 17.4. The van der Waals surface area contributed by atoms with E-state index in [9.17, 15) is 15.0 Å². The average molecular weight is 324 g/mol. The summed E-state index contributed by atoms with van der Waals surface area (Å²) in [7, 11) is 0. The van der Waals surface area contributed by atoms with E-state index in [2.05, 4.69) is 13.8 Å². The highest BCUT2D eigenvalue weighted by molar-refractivity contribution is 5.65. The lowest BCUT2D eigenvalue weighted by Gasteiger charge is -2.43. The number of rotatable bonds is 4. The Morgan fingerprint density at radius 3 is 2.52 bits per heavy atom. The third kappa shape index (κ3) is 3.88. The predicted molar refractivity (Wildman–Crippen MR) is 83.2 cm³/mol. The number of benzene rings is 1. The lowest BCUT2D eigenvalue weighted by molar-refractivity contribution is -0.223. The molecule has 0 saturated carbocycles. The molecule has 1 aromatic carbocycles. The van der Waals surface area contributed by atoms with Crippen molar-refractivity contribution in [1.29, 1.82) is 0 Å². The molecule has 5 atom stereocenters. The summed E-state index contributed by atoms with van der Waals surface area (Å²) in [4.78, 5) is 11.0. The van der Waals surface area contributed by atoms with Gasteiger partial charge in [0.2, 0.25) is 12.0 Å². The van der Waals surface area contributed by atoms with Crippen molar-refractivity contribution in [3.63, 3.8) is 0 Å². The first-order valence-electron chi connectivity index (χ1n) is 7.77. The van der Waals surface area contributed by atoms with Crippen molar-refractivity contribution in [2.75, 3.05) is 6.61 Å². The van der Waals surface area contributed by atoms with Gasteiger partial charge in [0.25, 0.3) is 0 Å². The molecule has 0 amide bonds. The van der Waals surface area contributed by atoms with Gasteiger partial charge in [-0.1, -0.05) is 26.8 Å². The molecule has 1 heterocycles. The lowest BCUT2D eigenvalue weighted by atomic mass is 9.79. The SMILES string of the molecule is CC(=O)OC[C@H]1O[C@@H](Oc2cccc(O)c2O)[C@H](C)[C@@H](C)[C@@H]1C. The maximum absolute atomic E-state index is 11.0. The number of aromatic hydroxyl groups is 2. The second-order valence-corrected chi connectivity index (χ2v) is 6.16. The summed E-state index contributed by atoms with van der Waals surface area (Å²) >= 11 is 0. The molecule has 1 fully saturated rings. The van der Waals surface area contributed by atoms with Crippen molar-refractivity contribution in [2.24, 2.45) is 17.8 Å². The minimum atomic E-state index is -0.602. The van der Waals surface area contributed by atoms with E-state index in [1.54, 1.807) is 12.1 Å². The Hall–Kier alpha value is -1.95. The molecule has 2 rings (SSSR count). The molecule has 0 aliphatic carbocycles. The fraction of sp³-hybridized carbons (Fsp3) is 0.588. The number of carbonyl (C=O) groups is 1. The fourth-order valence-electron chi connectivity index (χ4n) is 2.74. The molecule has 1 aromatic rings. The third-order valence-corrected chi connectivity index (χ3v) is 4.66. The molecular formula is C17H24O6. The molecule has 0 bridgehead atoms. The summed E-state index contributed by atoms with van der Waals surface area (Å²) in [5.74, 6) is -0.212. The van der Waals surface area contributed by atoms with Crippen LogP contribution in [0.4, 0.5) is 0 Å². The topological polar surface area (TPSA) is 85.2 Å². The summed E-state index contributed by atoms with van der Waals surface area (Å²) < 4.78 is 16.8. The molecule has 0 radical (unpaired) electrons. The van der Waals surface area contributed by atoms with Gasteiger partial charge >= 0.3 is 5.97 Å². The van der Waals surface area contributed by atoms with E-state index in [1.165, 1.54) is 13.0 Å². The quantitative estimate of drug-likeness (QED) is 0.654. The summed E-state index contributed by atoms with van der Waals surface area (Å²) in [5.41, 5.74) is 0. The van der Waals surface area contributed by atoms with Gasteiger partial charge < -0.3 is 24.4 Å². The maximum atomic E-state index is 11.0. The first-order chi connectivity index (χ1) is 10.8. The van der Waals surface area contributed by atoms with E-state index < -0.39 is 6.29 Å². The highest BCUT2D eigenvalue weighted by Crippen LogP contribution is 2.40. The van der Waals surface area contributed by atoms with Gasteiger partial charge in [0.15, 0.2) is 11.5 Å². The standard InChI is InChI=1S/C17H24O6/c1-9-10(2)15(8-21-12(4)18)23-17(11(9)3)22-14-7-5-6-13(19)16(14)20/h5-7,9-11,15,17,19-20H,8H2,1-4H3/t9-,10-,11+,15+,17+/m0/s1. The second kappa shape index (κ2) is 7.08. The van der Waals surface area contributed by atoms with Gasteiger partial charge in [-0.2, -0.15) is 0 Å². The Kier molecular flexibility index (Phi) is 5.36. The molecule has 0 aromatic heterocycles. The van der Waals surface area contributed by atoms with Crippen LogP contribution in [0.25, 0.3) is 0 Å². The van der Waals surface area contributed by atoms with E-state index in [0.29, 0.717) is 0 Å². The zero-order chi connectivity index (χ0) is 17.1. The largest absolute Gasteiger partial charge is 0.504 e. The van der Waals surface area contributed by atoms with Gasteiger partial charge in [0, 0.05) is 12.8 Å². The van der Waals surface area contributed by atoms with Crippen molar-refractivity contribution in [3.8, 4) is 17.2 Å². The van der Waals surface area contributed by atoms with Gasteiger partial charge in [0.05, 0.1) is 6.10 Å². The first-order valence-corrected chi connectivity index (χ1v) is 7.77.